The smallest absolute Gasteiger partial charge is 0.251 e. The Balaban J connectivity index is 2.00. The highest BCUT2D eigenvalue weighted by Crippen LogP contribution is 2.12. The van der Waals surface area contributed by atoms with Crippen LogP contribution in [0.2, 0.25) is 0 Å². The molecule has 116 valence electrons. The van der Waals surface area contributed by atoms with Crippen molar-refractivity contribution in [2.75, 3.05) is 0 Å². The third-order valence-electron chi connectivity index (χ3n) is 3.14. The van der Waals surface area contributed by atoms with Crippen molar-refractivity contribution in [2.24, 2.45) is 0 Å². The summed E-state index contributed by atoms with van der Waals surface area (Å²) in [6.07, 6.45) is 3.86. The van der Waals surface area contributed by atoms with Crippen LogP contribution in [-0.2, 0) is 6.54 Å². The van der Waals surface area contributed by atoms with Crippen LogP contribution in [0.15, 0.2) is 36.7 Å². The van der Waals surface area contributed by atoms with Gasteiger partial charge in [0, 0.05) is 24.0 Å². The molecule has 1 amide bonds. The van der Waals surface area contributed by atoms with E-state index in [-0.39, 0.29) is 24.2 Å². The van der Waals surface area contributed by atoms with Crippen molar-refractivity contribution in [3.05, 3.63) is 53.7 Å². The van der Waals surface area contributed by atoms with Crippen LogP contribution in [0, 0.1) is 5.82 Å². The van der Waals surface area contributed by atoms with Gasteiger partial charge in [-0.3, -0.25) is 9.78 Å². The van der Waals surface area contributed by atoms with Gasteiger partial charge in [0.15, 0.2) is 0 Å². The minimum atomic E-state index is -0.446. The summed E-state index contributed by atoms with van der Waals surface area (Å²) in [5.41, 5.74) is 0.602. The number of ether oxygens (including phenoxy) is 1. The molecule has 0 aliphatic rings. The second kappa shape index (κ2) is 7.49. The molecule has 22 heavy (non-hydrogen) atoms. The Hall–Kier alpha value is -2.50. The topological polar surface area (TPSA) is 64.1 Å². The van der Waals surface area contributed by atoms with Crippen LogP contribution in [0.5, 0.6) is 5.88 Å². The second-order valence-corrected chi connectivity index (χ2v) is 4.83. The van der Waals surface area contributed by atoms with Crippen molar-refractivity contribution >= 4 is 5.91 Å². The lowest BCUT2D eigenvalue weighted by Crippen LogP contribution is -2.24. The lowest BCUT2D eigenvalue weighted by atomic mass is 10.2. The summed E-state index contributed by atoms with van der Waals surface area (Å²) in [6.45, 7) is 3.95. The number of nitrogens with one attached hydrogen (secondary N) is 1. The van der Waals surface area contributed by atoms with Gasteiger partial charge in [0.1, 0.15) is 5.82 Å². The number of carbonyl (C=O) groups excluding carboxylic acids is 1. The minimum absolute atomic E-state index is 0.0217. The molecule has 2 aromatic heterocycles. The van der Waals surface area contributed by atoms with Crippen LogP contribution in [0.3, 0.4) is 0 Å². The Morgan fingerprint density at radius 1 is 1.36 bits per heavy atom. The van der Waals surface area contributed by atoms with Crippen molar-refractivity contribution in [1.82, 2.24) is 15.3 Å². The summed E-state index contributed by atoms with van der Waals surface area (Å²) >= 11 is 0. The van der Waals surface area contributed by atoms with Gasteiger partial charge >= 0.3 is 0 Å². The van der Waals surface area contributed by atoms with E-state index in [4.69, 9.17) is 4.74 Å². The van der Waals surface area contributed by atoms with Crippen LogP contribution in [0.1, 0.15) is 36.3 Å². The molecule has 0 saturated heterocycles. The van der Waals surface area contributed by atoms with Gasteiger partial charge in [0.05, 0.1) is 18.3 Å². The molecule has 0 aliphatic carbocycles. The lowest BCUT2D eigenvalue weighted by Gasteiger charge is -2.12. The van der Waals surface area contributed by atoms with E-state index in [1.54, 1.807) is 12.1 Å². The van der Waals surface area contributed by atoms with Gasteiger partial charge in [-0.15, -0.1) is 0 Å². The molecule has 0 fully saturated rings. The first-order valence-electron chi connectivity index (χ1n) is 7.10. The summed E-state index contributed by atoms with van der Waals surface area (Å²) in [5.74, 6) is -0.384. The monoisotopic (exact) mass is 303 g/mol. The third kappa shape index (κ3) is 4.25. The molecule has 2 aromatic rings. The van der Waals surface area contributed by atoms with E-state index in [2.05, 4.69) is 15.3 Å². The van der Waals surface area contributed by atoms with Crippen molar-refractivity contribution in [3.8, 4) is 5.88 Å². The SMILES string of the molecule is CC[C@H](C)Oc1cc(C(=O)NCc2ncccc2F)ccn1. The van der Waals surface area contributed by atoms with E-state index in [9.17, 15) is 9.18 Å². The van der Waals surface area contributed by atoms with Crippen LogP contribution >= 0.6 is 0 Å². The number of rotatable bonds is 6. The molecule has 0 aromatic carbocycles. The van der Waals surface area contributed by atoms with Crippen LogP contribution < -0.4 is 10.1 Å². The predicted molar refractivity (Wildman–Crippen MR) is 80.0 cm³/mol. The van der Waals surface area contributed by atoms with E-state index in [1.165, 1.54) is 24.5 Å². The first kappa shape index (κ1) is 15.9. The number of halogens is 1. The number of amides is 1. The van der Waals surface area contributed by atoms with Crippen LogP contribution in [0.4, 0.5) is 4.39 Å². The highest BCUT2D eigenvalue weighted by atomic mass is 19.1. The fourth-order valence-electron chi connectivity index (χ4n) is 1.72. The third-order valence-corrected chi connectivity index (χ3v) is 3.14. The Morgan fingerprint density at radius 2 is 2.18 bits per heavy atom. The van der Waals surface area contributed by atoms with Crippen molar-refractivity contribution < 1.29 is 13.9 Å². The molecule has 0 saturated carbocycles. The van der Waals surface area contributed by atoms with E-state index < -0.39 is 5.82 Å². The second-order valence-electron chi connectivity index (χ2n) is 4.83. The number of carbonyl (C=O) groups is 1. The Bertz CT molecular complexity index is 649. The molecule has 6 heteroatoms. The molecule has 0 bridgehead atoms. The van der Waals surface area contributed by atoms with Gasteiger partial charge in [0.2, 0.25) is 5.88 Å². The zero-order valence-electron chi connectivity index (χ0n) is 12.5. The van der Waals surface area contributed by atoms with E-state index >= 15 is 0 Å². The summed E-state index contributed by atoms with van der Waals surface area (Å²) in [7, 11) is 0. The van der Waals surface area contributed by atoms with Gasteiger partial charge in [-0.05, 0) is 31.5 Å². The molecule has 0 aliphatic heterocycles. The number of pyridine rings is 2. The lowest BCUT2D eigenvalue weighted by molar-refractivity contribution is 0.0949. The minimum Gasteiger partial charge on any atom is -0.475 e. The molecule has 1 atom stereocenters. The van der Waals surface area contributed by atoms with Gasteiger partial charge < -0.3 is 10.1 Å². The van der Waals surface area contributed by atoms with E-state index in [0.717, 1.165) is 6.42 Å². The van der Waals surface area contributed by atoms with Gasteiger partial charge in [-0.25, -0.2) is 9.37 Å². The first-order valence-corrected chi connectivity index (χ1v) is 7.10. The molecule has 1 N–H and O–H groups in total. The number of hydrogen-bond donors (Lipinski definition) is 1. The Morgan fingerprint density at radius 3 is 2.91 bits per heavy atom. The molecule has 0 spiro atoms. The Kier molecular flexibility index (Phi) is 5.41. The average Bonchev–Trinajstić information content (AvgIpc) is 2.54. The molecule has 2 rings (SSSR count). The molecule has 5 nitrogen and oxygen atoms in total. The fraction of sp³-hybridized carbons (Fsp3) is 0.312. The average molecular weight is 303 g/mol. The molecular weight excluding hydrogens is 285 g/mol. The summed E-state index contributed by atoms with van der Waals surface area (Å²) < 4.78 is 19.0. The molecule has 0 unspecified atom stereocenters. The first-order chi connectivity index (χ1) is 10.6. The van der Waals surface area contributed by atoms with Crippen LogP contribution in [0.25, 0.3) is 0 Å². The van der Waals surface area contributed by atoms with Crippen molar-refractivity contribution in [3.63, 3.8) is 0 Å². The summed E-state index contributed by atoms with van der Waals surface area (Å²) in [5, 5.41) is 2.63. The maximum Gasteiger partial charge on any atom is 0.251 e. The van der Waals surface area contributed by atoms with E-state index in [1.807, 2.05) is 13.8 Å². The predicted octanol–water partition coefficient (Wildman–Crippen LogP) is 2.72. The molecular formula is C16H18FN3O2. The quantitative estimate of drug-likeness (QED) is 0.891. The normalized spacial score (nSPS) is 11.8. The zero-order chi connectivity index (χ0) is 15.9. The van der Waals surface area contributed by atoms with Crippen molar-refractivity contribution in [1.29, 1.82) is 0 Å². The van der Waals surface area contributed by atoms with Gasteiger partial charge in [0.25, 0.3) is 5.91 Å². The number of aromatic nitrogens is 2. The Labute approximate surface area is 128 Å². The number of hydrogen-bond acceptors (Lipinski definition) is 4. The maximum absolute atomic E-state index is 13.4. The highest BCUT2D eigenvalue weighted by molar-refractivity contribution is 5.94. The maximum atomic E-state index is 13.4. The highest BCUT2D eigenvalue weighted by Gasteiger charge is 2.10. The van der Waals surface area contributed by atoms with Gasteiger partial charge in [-0.2, -0.15) is 0 Å². The van der Waals surface area contributed by atoms with Crippen molar-refractivity contribution in [2.45, 2.75) is 32.9 Å². The largest absolute Gasteiger partial charge is 0.475 e. The van der Waals surface area contributed by atoms with Crippen LogP contribution in [-0.4, -0.2) is 22.0 Å². The fourth-order valence-corrected chi connectivity index (χ4v) is 1.72. The van der Waals surface area contributed by atoms with Gasteiger partial charge in [-0.1, -0.05) is 6.92 Å². The number of nitrogens with zero attached hydrogens (tertiary/aromatic N) is 2. The molecule has 0 radical (unpaired) electrons. The molecule has 2 heterocycles. The zero-order valence-corrected chi connectivity index (χ0v) is 12.5. The summed E-state index contributed by atoms with van der Waals surface area (Å²) in [4.78, 5) is 20.0. The van der Waals surface area contributed by atoms with E-state index in [0.29, 0.717) is 11.4 Å². The summed E-state index contributed by atoms with van der Waals surface area (Å²) in [6, 6.07) is 5.95. The standard InChI is InChI=1S/C16H18FN3O2/c1-3-11(2)22-15-9-12(6-8-19-15)16(21)20-10-14-13(17)5-4-7-18-14/h4-9,11H,3,10H2,1-2H3,(H,20,21)/t11-/m0/s1.